The van der Waals surface area contributed by atoms with Crippen molar-refractivity contribution in [2.24, 2.45) is 11.7 Å². The Morgan fingerprint density at radius 3 is 2.33 bits per heavy atom. The summed E-state index contributed by atoms with van der Waals surface area (Å²) in [5.41, 5.74) is 7.60. The fourth-order valence-electron chi connectivity index (χ4n) is 3.82. The van der Waals surface area contributed by atoms with Gasteiger partial charge in [-0.1, -0.05) is 31.9 Å². The second-order valence-electron chi connectivity index (χ2n) is 6.57. The Kier molecular flexibility index (Phi) is 5.65. The largest absolute Gasteiger partial charge is 0.497 e. The summed E-state index contributed by atoms with van der Waals surface area (Å²) < 4.78 is 5.26. The Balaban J connectivity index is 2.20. The van der Waals surface area contributed by atoms with Crippen LogP contribution in [0.25, 0.3) is 0 Å². The van der Waals surface area contributed by atoms with E-state index in [4.69, 9.17) is 10.5 Å². The van der Waals surface area contributed by atoms with Crippen molar-refractivity contribution in [2.75, 3.05) is 14.2 Å². The van der Waals surface area contributed by atoms with Gasteiger partial charge in [-0.3, -0.25) is 4.90 Å². The fourth-order valence-corrected chi connectivity index (χ4v) is 3.82. The minimum Gasteiger partial charge on any atom is -0.497 e. The summed E-state index contributed by atoms with van der Waals surface area (Å²) in [4.78, 5) is 2.51. The van der Waals surface area contributed by atoms with Crippen LogP contribution < -0.4 is 10.5 Å². The lowest BCUT2D eigenvalue weighted by Gasteiger charge is -2.42. The number of methoxy groups -OCH3 is 1. The zero-order valence-corrected chi connectivity index (χ0v) is 13.9. The van der Waals surface area contributed by atoms with Gasteiger partial charge in [0.05, 0.1) is 7.11 Å². The second kappa shape index (κ2) is 7.28. The molecule has 4 unspecified atom stereocenters. The number of hydrogen-bond donors (Lipinski definition) is 1. The van der Waals surface area contributed by atoms with E-state index in [0.29, 0.717) is 6.04 Å². The minimum atomic E-state index is 0.109. The van der Waals surface area contributed by atoms with Gasteiger partial charge >= 0.3 is 0 Å². The van der Waals surface area contributed by atoms with Gasteiger partial charge in [0.25, 0.3) is 0 Å². The molecule has 1 fully saturated rings. The molecule has 0 saturated heterocycles. The first-order valence-electron chi connectivity index (χ1n) is 8.16. The molecule has 1 aliphatic carbocycles. The average Bonchev–Trinajstić information content (AvgIpc) is 2.48. The molecular formula is C18H30N2O. The van der Waals surface area contributed by atoms with E-state index >= 15 is 0 Å². The van der Waals surface area contributed by atoms with Gasteiger partial charge in [-0.2, -0.15) is 0 Å². The van der Waals surface area contributed by atoms with Crippen LogP contribution in [0.4, 0.5) is 0 Å². The van der Waals surface area contributed by atoms with Gasteiger partial charge in [0.15, 0.2) is 0 Å². The van der Waals surface area contributed by atoms with Crippen LogP contribution in [0.3, 0.4) is 0 Å². The third-order valence-electron chi connectivity index (χ3n) is 4.98. The number of rotatable bonds is 5. The molecule has 0 bridgehead atoms. The molecule has 4 atom stereocenters. The monoisotopic (exact) mass is 290 g/mol. The van der Waals surface area contributed by atoms with E-state index in [9.17, 15) is 0 Å². The van der Waals surface area contributed by atoms with Crippen molar-refractivity contribution >= 4 is 0 Å². The predicted octanol–water partition coefficient (Wildman–Crippen LogP) is 3.59. The summed E-state index contributed by atoms with van der Waals surface area (Å²) in [5, 5.41) is 0. The van der Waals surface area contributed by atoms with E-state index in [1.807, 2.05) is 12.1 Å². The molecule has 3 nitrogen and oxygen atoms in total. The second-order valence-corrected chi connectivity index (χ2v) is 6.57. The lowest BCUT2D eigenvalue weighted by Crippen LogP contribution is -2.46. The number of likely N-dealkylation sites (N-methyl/N-ethyl adjacent to an activating group) is 1. The van der Waals surface area contributed by atoms with Crippen LogP contribution in [0, 0.1) is 5.92 Å². The van der Waals surface area contributed by atoms with Gasteiger partial charge in [-0.25, -0.2) is 0 Å². The zero-order valence-electron chi connectivity index (χ0n) is 13.9. The summed E-state index contributed by atoms with van der Waals surface area (Å²) >= 11 is 0. The molecule has 3 heteroatoms. The molecule has 1 aromatic carbocycles. The highest BCUT2D eigenvalue weighted by Crippen LogP contribution is 2.34. The molecule has 0 spiro atoms. The molecule has 1 aromatic rings. The topological polar surface area (TPSA) is 38.5 Å². The lowest BCUT2D eigenvalue weighted by atomic mass is 9.83. The predicted molar refractivity (Wildman–Crippen MR) is 88.6 cm³/mol. The summed E-state index contributed by atoms with van der Waals surface area (Å²) in [6.07, 6.45) is 5.34. The highest BCUT2D eigenvalue weighted by Gasteiger charge is 2.31. The highest BCUT2D eigenvalue weighted by molar-refractivity contribution is 5.30. The molecule has 0 radical (unpaired) electrons. The third kappa shape index (κ3) is 3.78. The van der Waals surface area contributed by atoms with Gasteiger partial charge in [0, 0.05) is 18.1 Å². The molecule has 2 rings (SSSR count). The van der Waals surface area contributed by atoms with Crippen LogP contribution in [0.1, 0.15) is 51.1 Å². The van der Waals surface area contributed by atoms with Crippen LogP contribution in [-0.4, -0.2) is 31.1 Å². The molecule has 21 heavy (non-hydrogen) atoms. The Labute approximate surface area is 129 Å². The van der Waals surface area contributed by atoms with Crippen LogP contribution in [-0.2, 0) is 0 Å². The number of nitrogens with two attached hydrogens (primary N) is 1. The summed E-state index contributed by atoms with van der Waals surface area (Å²) in [6, 6.07) is 9.37. The van der Waals surface area contributed by atoms with E-state index in [1.165, 1.54) is 31.2 Å². The van der Waals surface area contributed by atoms with Crippen molar-refractivity contribution in [2.45, 2.75) is 57.7 Å². The molecule has 1 aliphatic rings. The van der Waals surface area contributed by atoms with Gasteiger partial charge in [-0.05, 0) is 50.4 Å². The quantitative estimate of drug-likeness (QED) is 0.900. The molecule has 1 saturated carbocycles. The SMILES string of the molecule is COc1ccc(C(C(C)N)N(C)C2CCCCC2C)cc1. The Morgan fingerprint density at radius 2 is 1.81 bits per heavy atom. The average molecular weight is 290 g/mol. The Bertz CT molecular complexity index is 429. The first-order valence-corrected chi connectivity index (χ1v) is 8.16. The van der Waals surface area contributed by atoms with E-state index in [-0.39, 0.29) is 12.1 Å². The number of ether oxygens (including phenoxy) is 1. The molecule has 0 aliphatic heterocycles. The lowest BCUT2D eigenvalue weighted by molar-refractivity contribution is 0.0859. The van der Waals surface area contributed by atoms with E-state index in [2.05, 4.69) is 37.9 Å². The summed E-state index contributed by atoms with van der Waals surface area (Å²) in [5.74, 6) is 1.65. The van der Waals surface area contributed by atoms with E-state index < -0.39 is 0 Å². The standard InChI is InChI=1S/C18H30N2O/c1-13-7-5-6-8-17(13)20(3)18(14(2)19)15-9-11-16(21-4)12-10-15/h9-14,17-18H,5-8,19H2,1-4H3. The maximum atomic E-state index is 6.32. The first-order chi connectivity index (χ1) is 10.0. The fraction of sp³-hybridized carbons (Fsp3) is 0.667. The number of hydrogen-bond acceptors (Lipinski definition) is 3. The highest BCUT2D eigenvalue weighted by atomic mass is 16.5. The third-order valence-corrected chi connectivity index (χ3v) is 4.98. The maximum Gasteiger partial charge on any atom is 0.118 e. The van der Waals surface area contributed by atoms with Gasteiger partial charge < -0.3 is 10.5 Å². The smallest absolute Gasteiger partial charge is 0.118 e. The number of benzene rings is 1. The zero-order chi connectivity index (χ0) is 15.4. The van der Waals surface area contributed by atoms with Gasteiger partial charge in [-0.15, -0.1) is 0 Å². The molecule has 0 aromatic heterocycles. The van der Waals surface area contributed by atoms with Crippen LogP contribution >= 0.6 is 0 Å². The first kappa shape index (κ1) is 16.3. The normalized spacial score (nSPS) is 25.6. The van der Waals surface area contributed by atoms with Crippen LogP contribution in [0.15, 0.2) is 24.3 Å². The van der Waals surface area contributed by atoms with Crippen molar-refractivity contribution in [3.63, 3.8) is 0 Å². The van der Waals surface area contributed by atoms with Gasteiger partial charge in [0.2, 0.25) is 0 Å². The van der Waals surface area contributed by atoms with Crippen molar-refractivity contribution < 1.29 is 4.74 Å². The van der Waals surface area contributed by atoms with E-state index in [0.717, 1.165) is 11.7 Å². The minimum absolute atomic E-state index is 0.109. The molecule has 0 heterocycles. The molecule has 0 amide bonds. The van der Waals surface area contributed by atoms with Gasteiger partial charge in [0.1, 0.15) is 5.75 Å². The summed E-state index contributed by atoms with van der Waals surface area (Å²) in [6.45, 7) is 4.49. The van der Waals surface area contributed by atoms with Crippen molar-refractivity contribution in [3.05, 3.63) is 29.8 Å². The van der Waals surface area contributed by atoms with Crippen LogP contribution in [0.2, 0.25) is 0 Å². The van der Waals surface area contributed by atoms with Crippen molar-refractivity contribution in [1.82, 2.24) is 4.90 Å². The summed E-state index contributed by atoms with van der Waals surface area (Å²) in [7, 11) is 3.94. The molecule has 2 N–H and O–H groups in total. The Morgan fingerprint density at radius 1 is 1.19 bits per heavy atom. The Hall–Kier alpha value is -1.06. The van der Waals surface area contributed by atoms with Crippen LogP contribution in [0.5, 0.6) is 5.75 Å². The molecular weight excluding hydrogens is 260 g/mol. The maximum absolute atomic E-state index is 6.32. The van der Waals surface area contributed by atoms with Crippen molar-refractivity contribution in [1.29, 1.82) is 0 Å². The van der Waals surface area contributed by atoms with E-state index in [1.54, 1.807) is 7.11 Å². The molecule has 118 valence electrons. The van der Waals surface area contributed by atoms with Crippen molar-refractivity contribution in [3.8, 4) is 5.75 Å². The number of nitrogens with zero attached hydrogens (tertiary/aromatic N) is 1.